The summed E-state index contributed by atoms with van der Waals surface area (Å²) in [4.78, 5) is 12.6. The Hall–Kier alpha value is -2.22. The van der Waals surface area contributed by atoms with E-state index in [1.807, 2.05) is 46.0 Å². The normalized spacial score (nSPS) is 14.5. The van der Waals surface area contributed by atoms with Crippen LogP contribution in [0.3, 0.4) is 0 Å². The number of ether oxygens (including phenoxy) is 2. The Morgan fingerprint density at radius 3 is 2.83 bits per heavy atom. The van der Waals surface area contributed by atoms with E-state index in [1.165, 1.54) is 11.8 Å². The van der Waals surface area contributed by atoms with E-state index in [9.17, 15) is 4.79 Å². The minimum Gasteiger partial charge on any atom is -0.454 e. The molecular formula is C16H20N4O3S. The van der Waals surface area contributed by atoms with Gasteiger partial charge in [-0.25, -0.2) is 0 Å². The highest BCUT2D eigenvalue weighted by molar-refractivity contribution is 8.00. The lowest BCUT2D eigenvalue weighted by atomic mass is 9.93. The number of benzene rings is 1. The fraction of sp³-hybridized carbons (Fsp3) is 0.438. The second-order valence-electron chi connectivity index (χ2n) is 6.17. The molecule has 0 aliphatic carbocycles. The first-order valence-corrected chi connectivity index (χ1v) is 8.47. The van der Waals surface area contributed by atoms with Gasteiger partial charge in [-0.05, 0) is 38.5 Å². The molecule has 2 aromatic rings. The first-order chi connectivity index (χ1) is 11.4. The van der Waals surface area contributed by atoms with Gasteiger partial charge >= 0.3 is 0 Å². The van der Waals surface area contributed by atoms with Crippen molar-refractivity contribution in [3.8, 4) is 11.5 Å². The van der Waals surface area contributed by atoms with Crippen LogP contribution in [0.5, 0.6) is 11.5 Å². The maximum absolute atomic E-state index is 12.6. The Kier molecular flexibility index (Phi) is 4.40. The van der Waals surface area contributed by atoms with Gasteiger partial charge in [0.15, 0.2) is 16.7 Å². The monoisotopic (exact) mass is 348 g/mol. The summed E-state index contributed by atoms with van der Waals surface area (Å²) in [5.41, 5.74) is 0.420. The third-order valence-corrected chi connectivity index (χ3v) is 5.00. The number of thioether (sulfide) groups is 1. The molecule has 1 aromatic carbocycles. The summed E-state index contributed by atoms with van der Waals surface area (Å²) >= 11 is 1.37. The van der Waals surface area contributed by atoms with Crippen molar-refractivity contribution in [2.24, 2.45) is 7.05 Å². The lowest BCUT2D eigenvalue weighted by Crippen LogP contribution is -2.44. The molecule has 1 atom stereocenters. The van der Waals surface area contributed by atoms with Gasteiger partial charge < -0.3 is 19.4 Å². The first kappa shape index (κ1) is 16.6. The van der Waals surface area contributed by atoms with E-state index >= 15 is 0 Å². The molecule has 128 valence electrons. The van der Waals surface area contributed by atoms with Gasteiger partial charge in [0.2, 0.25) is 12.7 Å². The summed E-state index contributed by atoms with van der Waals surface area (Å²) in [6, 6.07) is 5.71. The van der Waals surface area contributed by atoms with Gasteiger partial charge in [0.1, 0.15) is 6.33 Å². The van der Waals surface area contributed by atoms with E-state index in [0.29, 0.717) is 10.9 Å². The van der Waals surface area contributed by atoms with Crippen LogP contribution in [0.25, 0.3) is 0 Å². The SMILES string of the molecule is CC(Sc1nncn1C)C(=O)NC(C)(C)c1ccc2c(c1)OCO2. The van der Waals surface area contributed by atoms with Crippen LogP contribution < -0.4 is 14.8 Å². The molecular weight excluding hydrogens is 328 g/mol. The van der Waals surface area contributed by atoms with E-state index in [0.717, 1.165) is 11.3 Å². The van der Waals surface area contributed by atoms with Crippen molar-refractivity contribution in [1.29, 1.82) is 0 Å². The zero-order valence-electron chi connectivity index (χ0n) is 14.1. The Morgan fingerprint density at radius 1 is 1.38 bits per heavy atom. The maximum Gasteiger partial charge on any atom is 0.233 e. The zero-order valence-corrected chi connectivity index (χ0v) is 14.9. The predicted octanol–water partition coefficient (Wildman–Crippen LogP) is 2.08. The summed E-state index contributed by atoms with van der Waals surface area (Å²) < 4.78 is 12.5. The molecule has 0 fully saturated rings. The van der Waals surface area contributed by atoms with Crippen molar-refractivity contribution in [2.75, 3.05) is 6.79 Å². The molecule has 0 saturated heterocycles. The molecule has 0 radical (unpaired) electrons. The molecule has 2 heterocycles. The third-order valence-electron chi connectivity index (χ3n) is 3.85. The Bertz CT molecular complexity index is 760. The summed E-state index contributed by atoms with van der Waals surface area (Å²) in [6.45, 7) is 6.01. The molecule has 1 aliphatic rings. The van der Waals surface area contributed by atoms with Crippen LogP contribution in [0.4, 0.5) is 0 Å². The molecule has 1 N–H and O–H groups in total. The number of hydrogen-bond donors (Lipinski definition) is 1. The van der Waals surface area contributed by atoms with Gasteiger partial charge in [-0.3, -0.25) is 4.79 Å². The Morgan fingerprint density at radius 2 is 2.12 bits per heavy atom. The molecule has 0 spiro atoms. The highest BCUT2D eigenvalue weighted by Gasteiger charge is 2.28. The molecule has 7 nitrogen and oxygen atoms in total. The zero-order chi connectivity index (χ0) is 17.3. The van der Waals surface area contributed by atoms with Gasteiger partial charge in [0.05, 0.1) is 10.8 Å². The molecule has 1 unspecified atom stereocenters. The number of nitrogens with one attached hydrogen (secondary N) is 1. The predicted molar refractivity (Wildman–Crippen MR) is 90.1 cm³/mol. The van der Waals surface area contributed by atoms with E-state index < -0.39 is 5.54 Å². The quantitative estimate of drug-likeness (QED) is 0.834. The van der Waals surface area contributed by atoms with Crippen LogP contribution in [0.1, 0.15) is 26.3 Å². The van der Waals surface area contributed by atoms with E-state index in [4.69, 9.17) is 9.47 Å². The number of aromatic nitrogens is 3. The van der Waals surface area contributed by atoms with E-state index in [-0.39, 0.29) is 18.0 Å². The summed E-state index contributed by atoms with van der Waals surface area (Å²) in [5.74, 6) is 1.37. The molecule has 24 heavy (non-hydrogen) atoms. The number of fused-ring (bicyclic) bond motifs is 1. The third kappa shape index (κ3) is 3.33. The van der Waals surface area contributed by atoms with Crippen LogP contribution in [0.2, 0.25) is 0 Å². The number of hydrogen-bond acceptors (Lipinski definition) is 6. The highest BCUT2D eigenvalue weighted by Crippen LogP contribution is 2.35. The van der Waals surface area contributed by atoms with Crippen molar-refractivity contribution < 1.29 is 14.3 Å². The minimum atomic E-state index is -0.535. The van der Waals surface area contributed by atoms with Crippen LogP contribution in [0, 0.1) is 0 Å². The number of amides is 1. The Balaban J connectivity index is 1.69. The summed E-state index contributed by atoms with van der Waals surface area (Å²) in [5, 5.41) is 11.3. The average molecular weight is 348 g/mol. The largest absolute Gasteiger partial charge is 0.454 e. The van der Waals surface area contributed by atoms with Gasteiger partial charge in [-0.1, -0.05) is 17.8 Å². The molecule has 3 rings (SSSR count). The first-order valence-electron chi connectivity index (χ1n) is 7.59. The number of aryl methyl sites for hydroxylation is 1. The van der Waals surface area contributed by atoms with E-state index in [1.54, 1.807) is 10.9 Å². The lowest BCUT2D eigenvalue weighted by Gasteiger charge is -2.28. The molecule has 1 aliphatic heterocycles. The second-order valence-corrected chi connectivity index (χ2v) is 7.47. The second kappa shape index (κ2) is 6.35. The number of rotatable bonds is 5. The average Bonchev–Trinajstić information content (AvgIpc) is 3.15. The topological polar surface area (TPSA) is 78.3 Å². The smallest absolute Gasteiger partial charge is 0.233 e. The number of carbonyl (C=O) groups excluding carboxylic acids is 1. The van der Waals surface area contributed by atoms with Crippen molar-refractivity contribution in [3.63, 3.8) is 0 Å². The lowest BCUT2D eigenvalue weighted by molar-refractivity contribution is -0.122. The molecule has 0 bridgehead atoms. The van der Waals surface area contributed by atoms with Crippen molar-refractivity contribution >= 4 is 17.7 Å². The molecule has 1 aromatic heterocycles. The van der Waals surface area contributed by atoms with Crippen LogP contribution >= 0.6 is 11.8 Å². The van der Waals surface area contributed by atoms with E-state index in [2.05, 4.69) is 15.5 Å². The molecule has 0 saturated carbocycles. The fourth-order valence-electron chi connectivity index (χ4n) is 2.36. The van der Waals surface area contributed by atoms with Gasteiger partial charge in [0, 0.05) is 7.05 Å². The van der Waals surface area contributed by atoms with Crippen LogP contribution in [-0.2, 0) is 17.4 Å². The fourth-order valence-corrected chi connectivity index (χ4v) is 3.15. The standard InChI is InChI=1S/C16H20N4O3S/c1-10(24-15-19-17-8-20(15)4)14(21)18-16(2,3)11-5-6-12-13(7-11)23-9-22-12/h5-8,10H,9H2,1-4H3,(H,18,21). The van der Waals surface area contributed by atoms with Gasteiger partial charge in [-0.2, -0.15) is 0 Å². The van der Waals surface area contributed by atoms with Crippen LogP contribution in [-0.4, -0.2) is 32.7 Å². The van der Waals surface area contributed by atoms with Gasteiger partial charge in [-0.15, -0.1) is 10.2 Å². The van der Waals surface area contributed by atoms with Crippen molar-refractivity contribution in [2.45, 2.75) is 36.7 Å². The minimum absolute atomic E-state index is 0.0642. The van der Waals surface area contributed by atoms with Crippen LogP contribution in [0.15, 0.2) is 29.7 Å². The van der Waals surface area contributed by atoms with Gasteiger partial charge in [0.25, 0.3) is 0 Å². The maximum atomic E-state index is 12.6. The number of carbonyl (C=O) groups is 1. The molecule has 1 amide bonds. The molecule has 8 heteroatoms. The highest BCUT2D eigenvalue weighted by atomic mass is 32.2. The van der Waals surface area contributed by atoms with Crippen molar-refractivity contribution in [1.82, 2.24) is 20.1 Å². The summed E-state index contributed by atoms with van der Waals surface area (Å²) in [6.07, 6.45) is 1.61. The van der Waals surface area contributed by atoms with Crippen molar-refractivity contribution in [3.05, 3.63) is 30.1 Å². The summed E-state index contributed by atoms with van der Waals surface area (Å²) in [7, 11) is 1.85. The Labute approximate surface area is 144 Å². The number of nitrogens with zero attached hydrogens (tertiary/aromatic N) is 3.